The van der Waals surface area contributed by atoms with Gasteiger partial charge in [0.25, 0.3) is 0 Å². The third-order valence-electron chi connectivity index (χ3n) is 8.84. The van der Waals surface area contributed by atoms with Crippen LogP contribution in [0.25, 0.3) is 0 Å². The summed E-state index contributed by atoms with van der Waals surface area (Å²) in [5.74, 6) is -0.831. The Balaban J connectivity index is 4.42. The third-order valence-corrected chi connectivity index (χ3v) is 9.83. The zero-order valence-electron chi connectivity index (χ0n) is 35.2. The van der Waals surface area contributed by atoms with Crippen molar-refractivity contribution in [2.24, 2.45) is 0 Å². The molecule has 0 aromatic heterocycles. The van der Waals surface area contributed by atoms with Gasteiger partial charge in [0.1, 0.15) is 19.8 Å². The SMILES string of the molecule is CC/C=C\C/C=C\C/C=C\CCCCCCCC(=O)OC(COC(=O)CCCCCCC/C=C\CCCCCCCC)COP(=O)(O)OCC[N+](C)(C)C. The van der Waals surface area contributed by atoms with E-state index in [9.17, 15) is 19.0 Å². The van der Waals surface area contributed by atoms with E-state index in [2.05, 4.69) is 62.5 Å². The molecule has 0 heterocycles. The fourth-order valence-electron chi connectivity index (χ4n) is 5.49. The lowest BCUT2D eigenvalue weighted by Gasteiger charge is -2.24. The maximum absolute atomic E-state index is 12.7. The van der Waals surface area contributed by atoms with Gasteiger partial charge < -0.3 is 18.9 Å². The molecule has 0 spiro atoms. The van der Waals surface area contributed by atoms with Crippen molar-refractivity contribution in [1.29, 1.82) is 0 Å². The zero-order chi connectivity index (χ0) is 40.0. The fourth-order valence-corrected chi connectivity index (χ4v) is 6.23. The van der Waals surface area contributed by atoms with Gasteiger partial charge in [-0.05, 0) is 70.6 Å². The normalized spacial score (nSPS) is 14.1. The second-order valence-corrected chi connectivity index (χ2v) is 16.8. The standard InChI is InChI=1S/C44H80NO8P/c1-6-8-10-12-14-16-18-20-22-24-26-28-30-32-34-36-43(46)50-40-42(41-52-54(48,49)51-39-38-45(3,4)5)53-44(47)37-35-33-31-29-27-25-23-21-19-17-15-13-11-9-7-2/h9,11,15,17,20-23,42H,6-8,10,12-14,16,18-19,24-41H2,1-5H3/p+1/b11-9-,17-15-,22-20-,23-21-. The molecule has 0 saturated carbocycles. The lowest BCUT2D eigenvalue weighted by atomic mass is 10.1. The number of hydrogen-bond donors (Lipinski definition) is 1. The Morgan fingerprint density at radius 3 is 1.59 bits per heavy atom. The zero-order valence-corrected chi connectivity index (χ0v) is 36.1. The molecule has 314 valence electrons. The van der Waals surface area contributed by atoms with E-state index in [0.717, 1.165) is 89.9 Å². The van der Waals surface area contributed by atoms with Gasteiger partial charge in [-0.15, -0.1) is 0 Å². The Bertz CT molecular complexity index is 1070. The molecule has 2 atom stereocenters. The summed E-state index contributed by atoms with van der Waals surface area (Å²) < 4.78 is 34.2. The number of unbranched alkanes of at least 4 members (excludes halogenated alkanes) is 16. The monoisotopic (exact) mass is 783 g/mol. The molecule has 0 fully saturated rings. The van der Waals surface area contributed by atoms with Crippen LogP contribution in [0.3, 0.4) is 0 Å². The molecule has 0 saturated heterocycles. The van der Waals surface area contributed by atoms with E-state index in [1.54, 1.807) is 0 Å². The smallest absolute Gasteiger partial charge is 0.462 e. The molecule has 9 nitrogen and oxygen atoms in total. The largest absolute Gasteiger partial charge is 0.472 e. The Kier molecular flexibility index (Phi) is 35.2. The molecular weight excluding hydrogens is 701 g/mol. The number of phosphoric ester groups is 1. The number of hydrogen-bond acceptors (Lipinski definition) is 7. The number of esters is 2. The Hall–Kier alpha value is -2.03. The van der Waals surface area contributed by atoms with E-state index in [1.165, 1.54) is 44.9 Å². The van der Waals surface area contributed by atoms with Crippen LogP contribution >= 0.6 is 7.82 Å². The number of ether oxygens (including phenoxy) is 2. The molecule has 0 aromatic carbocycles. The highest BCUT2D eigenvalue weighted by atomic mass is 31.2. The summed E-state index contributed by atoms with van der Waals surface area (Å²) in [6.45, 7) is 4.26. The van der Waals surface area contributed by atoms with Gasteiger partial charge in [-0.25, -0.2) is 4.57 Å². The second-order valence-electron chi connectivity index (χ2n) is 15.3. The lowest BCUT2D eigenvalue weighted by Crippen LogP contribution is -2.37. The number of nitrogens with zero attached hydrogens (tertiary/aromatic N) is 1. The van der Waals surface area contributed by atoms with Crippen molar-refractivity contribution in [3.05, 3.63) is 48.6 Å². The number of quaternary nitrogens is 1. The summed E-state index contributed by atoms with van der Waals surface area (Å²) >= 11 is 0. The van der Waals surface area contributed by atoms with Gasteiger partial charge in [-0.2, -0.15) is 0 Å². The molecule has 0 aliphatic rings. The Morgan fingerprint density at radius 1 is 0.593 bits per heavy atom. The molecule has 0 rings (SSSR count). The Morgan fingerprint density at radius 2 is 1.06 bits per heavy atom. The average Bonchev–Trinajstić information content (AvgIpc) is 3.12. The summed E-state index contributed by atoms with van der Waals surface area (Å²) in [4.78, 5) is 35.3. The van der Waals surface area contributed by atoms with E-state index >= 15 is 0 Å². The van der Waals surface area contributed by atoms with Crippen LogP contribution in [-0.4, -0.2) is 74.9 Å². The van der Waals surface area contributed by atoms with Crippen molar-refractivity contribution in [2.45, 2.75) is 174 Å². The van der Waals surface area contributed by atoms with E-state index in [1.807, 2.05) is 21.1 Å². The summed E-state index contributed by atoms with van der Waals surface area (Å²) in [7, 11) is 1.45. The predicted molar refractivity (Wildman–Crippen MR) is 224 cm³/mol. The van der Waals surface area contributed by atoms with Crippen LogP contribution in [0.15, 0.2) is 48.6 Å². The molecule has 0 bridgehead atoms. The molecule has 0 amide bonds. The second kappa shape index (κ2) is 36.6. The summed E-state index contributed by atoms with van der Waals surface area (Å²) in [5.41, 5.74) is 0. The summed E-state index contributed by atoms with van der Waals surface area (Å²) in [5, 5.41) is 0. The van der Waals surface area contributed by atoms with Crippen LogP contribution in [-0.2, 0) is 32.7 Å². The highest BCUT2D eigenvalue weighted by Crippen LogP contribution is 2.43. The molecule has 54 heavy (non-hydrogen) atoms. The van der Waals surface area contributed by atoms with E-state index < -0.39 is 26.5 Å². The number of allylic oxidation sites excluding steroid dienone is 8. The minimum Gasteiger partial charge on any atom is -0.462 e. The third kappa shape index (κ3) is 39.7. The van der Waals surface area contributed by atoms with Crippen LogP contribution < -0.4 is 0 Å². The van der Waals surface area contributed by atoms with E-state index in [-0.39, 0.29) is 32.0 Å². The van der Waals surface area contributed by atoms with Crippen LogP contribution in [0.1, 0.15) is 168 Å². The van der Waals surface area contributed by atoms with Crippen LogP contribution in [0.2, 0.25) is 0 Å². The van der Waals surface area contributed by atoms with Crippen molar-refractivity contribution in [3.63, 3.8) is 0 Å². The van der Waals surface area contributed by atoms with Crippen LogP contribution in [0.4, 0.5) is 0 Å². The van der Waals surface area contributed by atoms with Gasteiger partial charge in [0.15, 0.2) is 6.10 Å². The van der Waals surface area contributed by atoms with E-state index in [0.29, 0.717) is 17.4 Å². The first-order valence-corrected chi connectivity index (χ1v) is 22.9. The molecular formula is C44H81NO8P+. The van der Waals surface area contributed by atoms with Gasteiger partial charge in [-0.1, -0.05) is 133 Å². The van der Waals surface area contributed by atoms with Crippen molar-refractivity contribution < 1.29 is 42.1 Å². The number of rotatable bonds is 38. The van der Waals surface area contributed by atoms with Crippen molar-refractivity contribution >= 4 is 19.8 Å². The van der Waals surface area contributed by atoms with Gasteiger partial charge in [0.2, 0.25) is 0 Å². The van der Waals surface area contributed by atoms with Gasteiger partial charge in [-0.3, -0.25) is 18.6 Å². The predicted octanol–water partition coefficient (Wildman–Crippen LogP) is 11.9. The molecule has 0 aliphatic heterocycles. The highest BCUT2D eigenvalue weighted by Gasteiger charge is 2.27. The lowest BCUT2D eigenvalue weighted by molar-refractivity contribution is -0.870. The highest BCUT2D eigenvalue weighted by molar-refractivity contribution is 7.47. The molecule has 2 unspecified atom stereocenters. The molecule has 0 radical (unpaired) electrons. The van der Waals surface area contributed by atoms with Crippen molar-refractivity contribution in [2.75, 3.05) is 47.5 Å². The number of carbonyl (C=O) groups is 2. The molecule has 1 N–H and O–H groups in total. The van der Waals surface area contributed by atoms with Crippen LogP contribution in [0, 0.1) is 0 Å². The van der Waals surface area contributed by atoms with Gasteiger partial charge in [0, 0.05) is 12.8 Å². The maximum atomic E-state index is 12.7. The number of likely N-dealkylation sites (N-methyl/N-ethyl adjacent to an activating group) is 1. The summed E-state index contributed by atoms with van der Waals surface area (Å²) in [6, 6.07) is 0. The summed E-state index contributed by atoms with van der Waals surface area (Å²) in [6.07, 6.45) is 41.5. The van der Waals surface area contributed by atoms with Gasteiger partial charge in [0.05, 0.1) is 27.7 Å². The van der Waals surface area contributed by atoms with Crippen molar-refractivity contribution in [3.8, 4) is 0 Å². The first-order valence-electron chi connectivity index (χ1n) is 21.4. The molecule has 10 heteroatoms. The first-order chi connectivity index (χ1) is 26.0. The maximum Gasteiger partial charge on any atom is 0.472 e. The topological polar surface area (TPSA) is 108 Å². The number of carbonyl (C=O) groups excluding carboxylic acids is 2. The van der Waals surface area contributed by atoms with Gasteiger partial charge >= 0.3 is 19.8 Å². The van der Waals surface area contributed by atoms with Crippen LogP contribution in [0.5, 0.6) is 0 Å². The molecule has 0 aromatic rings. The quantitative estimate of drug-likeness (QED) is 0.0217. The minimum atomic E-state index is -4.38. The van der Waals surface area contributed by atoms with Crippen molar-refractivity contribution in [1.82, 2.24) is 0 Å². The van der Waals surface area contributed by atoms with E-state index in [4.69, 9.17) is 18.5 Å². The molecule has 0 aliphatic carbocycles. The average molecular weight is 783 g/mol. The number of phosphoric acid groups is 1. The fraction of sp³-hybridized carbons (Fsp3) is 0.773. The first kappa shape index (κ1) is 52.0. The minimum absolute atomic E-state index is 0.0253. The Labute approximate surface area is 331 Å².